The van der Waals surface area contributed by atoms with Gasteiger partial charge in [-0.05, 0) is 44.9 Å². The molecule has 0 amide bonds. The van der Waals surface area contributed by atoms with Crippen LogP contribution in [0.3, 0.4) is 0 Å². The van der Waals surface area contributed by atoms with Crippen LogP contribution in [0.25, 0.3) is 0 Å². The zero-order valence-corrected chi connectivity index (χ0v) is 12.7. The van der Waals surface area contributed by atoms with E-state index in [1.807, 2.05) is 7.11 Å². The van der Waals surface area contributed by atoms with E-state index in [0.717, 1.165) is 18.4 Å². The van der Waals surface area contributed by atoms with Gasteiger partial charge in [-0.3, -0.25) is 4.90 Å². The first-order valence-corrected chi connectivity index (χ1v) is 7.47. The van der Waals surface area contributed by atoms with Crippen molar-refractivity contribution in [3.05, 3.63) is 12.7 Å². The predicted octanol–water partition coefficient (Wildman–Crippen LogP) is 3.87. The van der Waals surface area contributed by atoms with Crippen LogP contribution >= 0.6 is 0 Å². The van der Waals surface area contributed by atoms with Gasteiger partial charge in [0.25, 0.3) is 0 Å². The van der Waals surface area contributed by atoms with Crippen molar-refractivity contribution in [2.75, 3.05) is 13.7 Å². The van der Waals surface area contributed by atoms with Crippen molar-refractivity contribution in [2.24, 2.45) is 5.92 Å². The molecule has 1 fully saturated rings. The number of rotatable bonds is 7. The van der Waals surface area contributed by atoms with Crippen LogP contribution in [-0.2, 0) is 4.74 Å². The molecule has 1 rings (SSSR count). The van der Waals surface area contributed by atoms with E-state index in [1.165, 1.54) is 32.2 Å². The molecule has 1 atom stereocenters. The van der Waals surface area contributed by atoms with Gasteiger partial charge in [0, 0.05) is 25.7 Å². The molecule has 0 radical (unpaired) electrons. The van der Waals surface area contributed by atoms with Crippen molar-refractivity contribution in [3.8, 4) is 0 Å². The van der Waals surface area contributed by atoms with E-state index in [2.05, 4.69) is 38.3 Å². The Bertz CT molecular complexity index is 231. The molecule has 1 saturated carbocycles. The summed E-state index contributed by atoms with van der Waals surface area (Å²) < 4.78 is 5.47. The SMILES string of the molecule is C=CCC(C)N(CC(C)C)C1CCC(OC)CC1. The van der Waals surface area contributed by atoms with Crippen molar-refractivity contribution in [2.45, 2.75) is 71.1 Å². The molecule has 106 valence electrons. The van der Waals surface area contributed by atoms with Crippen LogP contribution in [0.2, 0.25) is 0 Å². The Kier molecular flexibility index (Phi) is 6.95. The van der Waals surface area contributed by atoms with E-state index >= 15 is 0 Å². The second kappa shape index (κ2) is 7.96. The standard InChI is InChI=1S/C16H31NO/c1-6-7-14(4)17(12-13(2)3)15-8-10-16(18-5)11-9-15/h6,13-16H,1,7-12H2,2-5H3. The van der Waals surface area contributed by atoms with Crippen LogP contribution in [0.5, 0.6) is 0 Å². The van der Waals surface area contributed by atoms with Gasteiger partial charge in [-0.25, -0.2) is 0 Å². The maximum absolute atomic E-state index is 5.47. The van der Waals surface area contributed by atoms with Crippen LogP contribution in [0.4, 0.5) is 0 Å². The number of methoxy groups -OCH3 is 1. The molecule has 0 bridgehead atoms. The first-order chi connectivity index (χ1) is 8.58. The van der Waals surface area contributed by atoms with Crippen LogP contribution in [-0.4, -0.2) is 36.7 Å². The predicted molar refractivity (Wildman–Crippen MR) is 78.9 cm³/mol. The molecule has 0 aromatic carbocycles. The number of hydrogen-bond donors (Lipinski definition) is 0. The molecule has 0 aromatic heterocycles. The second-order valence-corrected chi connectivity index (χ2v) is 6.13. The zero-order valence-electron chi connectivity index (χ0n) is 12.7. The highest BCUT2D eigenvalue weighted by Crippen LogP contribution is 2.27. The summed E-state index contributed by atoms with van der Waals surface area (Å²) in [5.41, 5.74) is 0. The van der Waals surface area contributed by atoms with Gasteiger partial charge in [-0.1, -0.05) is 19.9 Å². The van der Waals surface area contributed by atoms with Gasteiger partial charge in [0.1, 0.15) is 0 Å². The summed E-state index contributed by atoms with van der Waals surface area (Å²) in [5.74, 6) is 0.734. The van der Waals surface area contributed by atoms with Gasteiger partial charge < -0.3 is 4.74 Å². The first kappa shape index (κ1) is 15.7. The monoisotopic (exact) mass is 253 g/mol. The molecular weight excluding hydrogens is 222 g/mol. The fraction of sp³-hybridized carbons (Fsp3) is 0.875. The van der Waals surface area contributed by atoms with Gasteiger partial charge in [0.15, 0.2) is 0 Å². The first-order valence-electron chi connectivity index (χ1n) is 7.47. The van der Waals surface area contributed by atoms with Gasteiger partial charge in [0.05, 0.1) is 6.10 Å². The second-order valence-electron chi connectivity index (χ2n) is 6.13. The highest BCUT2D eigenvalue weighted by Gasteiger charge is 2.28. The fourth-order valence-corrected chi connectivity index (χ4v) is 3.10. The minimum Gasteiger partial charge on any atom is -0.381 e. The van der Waals surface area contributed by atoms with Crippen LogP contribution in [0, 0.1) is 5.92 Å². The normalized spacial score (nSPS) is 26.6. The van der Waals surface area contributed by atoms with E-state index in [9.17, 15) is 0 Å². The molecule has 0 aromatic rings. The third-order valence-corrected chi connectivity index (χ3v) is 4.10. The Morgan fingerprint density at radius 3 is 2.28 bits per heavy atom. The lowest BCUT2D eigenvalue weighted by Crippen LogP contribution is -2.46. The zero-order chi connectivity index (χ0) is 13.5. The average Bonchev–Trinajstić information content (AvgIpc) is 2.36. The molecule has 2 nitrogen and oxygen atoms in total. The van der Waals surface area contributed by atoms with E-state index in [-0.39, 0.29) is 0 Å². The average molecular weight is 253 g/mol. The Labute approximate surface area is 113 Å². The lowest BCUT2D eigenvalue weighted by molar-refractivity contribution is 0.0244. The van der Waals surface area contributed by atoms with Gasteiger partial charge >= 0.3 is 0 Å². The lowest BCUT2D eigenvalue weighted by atomic mass is 9.90. The Morgan fingerprint density at radius 2 is 1.83 bits per heavy atom. The topological polar surface area (TPSA) is 12.5 Å². The van der Waals surface area contributed by atoms with Crippen LogP contribution in [0.15, 0.2) is 12.7 Å². The number of hydrogen-bond acceptors (Lipinski definition) is 2. The van der Waals surface area contributed by atoms with Gasteiger partial charge in [-0.15, -0.1) is 6.58 Å². The summed E-state index contributed by atoms with van der Waals surface area (Å²) >= 11 is 0. The molecule has 2 heteroatoms. The summed E-state index contributed by atoms with van der Waals surface area (Å²) in [6.07, 6.45) is 8.65. The largest absolute Gasteiger partial charge is 0.381 e. The summed E-state index contributed by atoms with van der Waals surface area (Å²) in [6, 6.07) is 1.36. The maximum atomic E-state index is 5.47. The van der Waals surface area contributed by atoms with Gasteiger partial charge in [0.2, 0.25) is 0 Å². The lowest BCUT2D eigenvalue weighted by Gasteiger charge is -2.41. The summed E-state index contributed by atoms with van der Waals surface area (Å²) in [4.78, 5) is 2.71. The Balaban J connectivity index is 2.56. The highest BCUT2D eigenvalue weighted by atomic mass is 16.5. The Hall–Kier alpha value is -0.340. The fourth-order valence-electron chi connectivity index (χ4n) is 3.10. The summed E-state index contributed by atoms with van der Waals surface area (Å²) in [5, 5.41) is 0. The molecule has 0 saturated heterocycles. The third kappa shape index (κ3) is 4.74. The molecular formula is C16H31NO. The maximum Gasteiger partial charge on any atom is 0.0572 e. The van der Waals surface area contributed by atoms with Gasteiger partial charge in [-0.2, -0.15) is 0 Å². The summed E-state index contributed by atoms with van der Waals surface area (Å²) in [7, 11) is 1.84. The van der Waals surface area contributed by atoms with Crippen molar-refractivity contribution in [3.63, 3.8) is 0 Å². The Morgan fingerprint density at radius 1 is 1.22 bits per heavy atom. The molecule has 0 aliphatic heterocycles. The highest BCUT2D eigenvalue weighted by molar-refractivity contribution is 4.86. The summed E-state index contributed by atoms with van der Waals surface area (Å²) in [6.45, 7) is 12.1. The van der Waals surface area contributed by atoms with E-state index in [1.54, 1.807) is 0 Å². The quantitative estimate of drug-likeness (QED) is 0.639. The van der Waals surface area contributed by atoms with Crippen molar-refractivity contribution >= 4 is 0 Å². The molecule has 0 spiro atoms. The van der Waals surface area contributed by atoms with E-state index in [0.29, 0.717) is 12.1 Å². The van der Waals surface area contributed by atoms with Crippen molar-refractivity contribution < 1.29 is 4.74 Å². The molecule has 0 N–H and O–H groups in total. The van der Waals surface area contributed by atoms with Crippen molar-refractivity contribution in [1.29, 1.82) is 0 Å². The molecule has 1 aliphatic carbocycles. The molecule has 1 aliphatic rings. The minimum absolute atomic E-state index is 0.497. The number of nitrogens with zero attached hydrogens (tertiary/aromatic N) is 1. The molecule has 0 heterocycles. The van der Waals surface area contributed by atoms with Crippen LogP contribution < -0.4 is 0 Å². The smallest absolute Gasteiger partial charge is 0.0572 e. The van der Waals surface area contributed by atoms with E-state index in [4.69, 9.17) is 4.74 Å². The molecule has 18 heavy (non-hydrogen) atoms. The molecule has 1 unspecified atom stereocenters. The van der Waals surface area contributed by atoms with E-state index < -0.39 is 0 Å². The number of ether oxygens (including phenoxy) is 1. The third-order valence-electron chi connectivity index (χ3n) is 4.10. The van der Waals surface area contributed by atoms with Crippen LogP contribution in [0.1, 0.15) is 52.9 Å². The van der Waals surface area contributed by atoms with Crippen molar-refractivity contribution in [1.82, 2.24) is 4.90 Å². The minimum atomic E-state index is 0.497.